The Bertz CT molecular complexity index is 795. The summed E-state index contributed by atoms with van der Waals surface area (Å²) in [6, 6.07) is 11.3. The lowest BCUT2D eigenvalue weighted by atomic mass is 10.2. The van der Waals surface area contributed by atoms with Crippen molar-refractivity contribution in [1.82, 2.24) is 10.3 Å². The zero-order valence-corrected chi connectivity index (χ0v) is 14.1. The van der Waals surface area contributed by atoms with Crippen LogP contribution in [0.5, 0.6) is 0 Å². The molecule has 3 aromatic rings. The molecule has 1 N–H and O–H groups in total. The largest absolute Gasteiger partial charge is 0.440 e. The third-order valence-corrected chi connectivity index (χ3v) is 4.47. The molecule has 0 saturated heterocycles. The fraction of sp³-hybridized carbons (Fsp3) is 0.176. The van der Waals surface area contributed by atoms with Gasteiger partial charge in [-0.1, -0.05) is 29.8 Å². The van der Waals surface area contributed by atoms with Crippen molar-refractivity contribution in [1.29, 1.82) is 0 Å². The van der Waals surface area contributed by atoms with Gasteiger partial charge in [-0.2, -0.15) is 0 Å². The SMILES string of the molecule is Cc1oc(-c2cccs2)nc1CC(=O)NCc1ccc(Cl)cc1. The minimum Gasteiger partial charge on any atom is -0.440 e. The summed E-state index contributed by atoms with van der Waals surface area (Å²) >= 11 is 7.40. The average molecular weight is 347 g/mol. The molecule has 0 bridgehead atoms. The number of hydrogen-bond acceptors (Lipinski definition) is 4. The molecule has 0 aliphatic rings. The third-order valence-electron chi connectivity index (χ3n) is 3.36. The number of benzene rings is 1. The summed E-state index contributed by atoms with van der Waals surface area (Å²) in [6.45, 7) is 2.29. The molecule has 0 unspecified atom stereocenters. The van der Waals surface area contributed by atoms with Crippen molar-refractivity contribution in [3.8, 4) is 10.8 Å². The summed E-state index contributed by atoms with van der Waals surface area (Å²) in [5, 5.41) is 5.52. The van der Waals surface area contributed by atoms with Crippen LogP contribution >= 0.6 is 22.9 Å². The van der Waals surface area contributed by atoms with Crippen LogP contribution in [0.3, 0.4) is 0 Å². The van der Waals surface area contributed by atoms with E-state index in [1.807, 2.05) is 36.6 Å². The van der Waals surface area contributed by atoms with E-state index in [0.29, 0.717) is 28.9 Å². The molecule has 0 radical (unpaired) electrons. The standard InChI is InChI=1S/C17H15ClN2O2S/c1-11-14(20-17(22-11)15-3-2-8-23-15)9-16(21)19-10-12-4-6-13(18)7-5-12/h2-8H,9-10H2,1H3,(H,19,21). The van der Waals surface area contributed by atoms with Crippen LogP contribution in [0.1, 0.15) is 17.0 Å². The summed E-state index contributed by atoms with van der Waals surface area (Å²) in [5.74, 6) is 1.15. The first kappa shape index (κ1) is 15.8. The fourth-order valence-corrected chi connectivity index (χ4v) is 2.89. The maximum Gasteiger partial charge on any atom is 0.236 e. The number of carbonyl (C=O) groups is 1. The number of carbonyl (C=O) groups excluding carboxylic acids is 1. The van der Waals surface area contributed by atoms with Crippen molar-refractivity contribution < 1.29 is 9.21 Å². The molecule has 118 valence electrons. The predicted molar refractivity (Wildman–Crippen MR) is 91.6 cm³/mol. The molecule has 0 spiro atoms. The van der Waals surface area contributed by atoms with E-state index in [4.69, 9.17) is 16.0 Å². The van der Waals surface area contributed by atoms with E-state index in [1.54, 1.807) is 23.5 Å². The second-order valence-electron chi connectivity index (χ2n) is 5.08. The molecular formula is C17H15ClN2O2S. The molecular weight excluding hydrogens is 332 g/mol. The van der Waals surface area contributed by atoms with Crippen LogP contribution in [-0.2, 0) is 17.8 Å². The van der Waals surface area contributed by atoms with E-state index in [0.717, 1.165) is 10.4 Å². The Kier molecular flexibility index (Phi) is 4.79. The molecule has 0 aliphatic heterocycles. The summed E-state index contributed by atoms with van der Waals surface area (Å²) in [4.78, 5) is 17.5. The predicted octanol–water partition coefficient (Wildman–Crippen LogP) is 4.22. The lowest BCUT2D eigenvalue weighted by Crippen LogP contribution is -2.24. The zero-order chi connectivity index (χ0) is 16.2. The van der Waals surface area contributed by atoms with Crippen LogP contribution < -0.4 is 5.32 Å². The van der Waals surface area contributed by atoms with E-state index < -0.39 is 0 Å². The molecule has 0 saturated carbocycles. The third kappa shape index (κ3) is 4.00. The fourth-order valence-electron chi connectivity index (χ4n) is 2.12. The van der Waals surface area contributed by atoms with Crippen LogP contribution in [0.25, 0.3) is 10.8 Å². The normalized spacial score (nSPS) is 10.7. The Hall–Kier alpha value is -2.11. The average Bonchev–Trinajstić information content (AvgIpc) is 3.17. The molecule has 1 aromatic carbocycles. The van der Waals surface area contributed by atoms with Crippen LogP contribution in [0.4, 0.5) is 0 Å². The molecule has 0 atom stereocenters. The molecule has 2 aromatic heterocycles. The van der Waals surface area contributed by atoms with Gasteiger partial charge in [0.25, 0.3) is 0 Å². The van der Waals surface area contributed by atoms with Gasteiger partial charge in [-0.05, 0) is 36.1 Å². The van der Waals surface area contributed by atoms with Gasteiger partial charge >= 0.3 is 0 Å². The molecule has 0 aliphatic carbocycles. The first-order valence-electron chi connectivity index (χ1n) is 7.13. The number of amides is 1. The van der Waals surface area contributed by atoms with Gasteiger partial charge in [0, 0.05) is 11.6 Å². The Balaban J connectivity index is 1.60. The molecule has 1 amide bonds. The van der Waals surface area contributed by atoms with Crippen LogP contribution in [0.15, 0.2) is 46.2 Å². The Morgan fingerprint density at radius 3 is 2.78 bits per heavy atom. The van der Waals surface area contributed by atoms with Gasteiger partial charge in [-0.25, -0.2) is 4.98 Å². The van der Waals surface area contributed by atoms with E-state index in [9.17, 15) is 4.79 Å². The van der Waals surface area contributed by atoms with Gasteiger partial charge < -0.3 is 9.73 Å². The molecule has 2 heterocycles. The van der Waals surface area contributed by atoms with E-state index >= 15 is 0 Å². The van der Waals surface area contributed by atoms with Gasteiger partial charge in [0.1, 0.15) is 5.76 Å². The van der Waals surface area contributed by atoms with Crippen molar-refractivity contribution >= 4 is 28.8 Å². The summed E-state index contributed by atoms with van der Waals surface area (Å²) < 4.78 is 5.64. The number of aryl methyl sites for hydroxylation is 1. The number of nitrogens with one attached hydrogen (secondary N) is 1. The van der Waals surface area contributed by atoms with E-state index in [-0.39, 0.29) is 12.3 Å². The number of hydrogen-bond donors (Lipinski definition) is 1. The number of thiophene rings is 1. The van der Waals surface area contributed by atoms with E-state index in [2.05, 4.69) is 10.3 Å². The summed E-state index contributed by atoms with van der Waals surface area (Å²) in [6.07, 6.45) is 0.203. The Labute approximate surface area is 143 Å². The first-order chi connectivity index (χ1) is 11.1. The maximum absolute atomic E-state index is 12.1. The summed E-state index contributed by atoms with van der Waals surface area (Å²) in [7, 11) is 0. The Morgan fingerprint density at radius 2 is 2.09 bits per heavy atom. The molecule has 0 fully saturated rings. The van der Waals surface area contributed by atoms with Gasteiger partial charge in [0.15, 0.2) is 0 Å². The van der Waals surface area contributed by atoms with E-state index in [1.165, 1.54) is 0 Å². The van der Waals surface area contributed by atoms with Crippen LogP contribution in [0.2, 0.25) is 5.02 Å². The second-order valence-corrected chi connectivity index (χ2v) is 6.46. The van der Waals surface area contributed by atoms with Crippen LogP contribution in [0, 0.1) is 6.92 Å². The minimum atomic E-state index is -0.0888. The minimum absolute atomic E-state index is 0.0888. The molecule has 6 heteroatoms. The van der Waals surface area contributed by atoms with Crippen LogP contribution in [-0.4, -0.2) is 10.9 Å². The van der Waals surface area contributed by atoms with Crippen molar-refractivity contribution in [2.45, 2.75) is 19.9 Å². The van der Waals surface area contributed by atoms with Crippen molar-refractivity contribution in [2.24, 2.45) is 0 Å². The van der Waals surface area contributed by atoms with Gasteiger partial charge in [-0.15, -0.1) is 11.3 Å². The maximum atomic E-state index is 12.1. The number of halogens is 1. The highest BCUT2D eigenvalue weighted by Crippen LogP contribution is 2.26. The van der Waals surface area contributed by atoms with Gasteiger partial charge in [-0.3, -0.25) is 4.79 Å². The quantitative estimate of drug-likeness (QED) is 0.752. The van der Waals surface area contributed by atoms with Gasteiger partial charge in [0.05, 0.1) is 17.0 Å². The zero-order valence-electron chi connectivity index (χ0n) is 12.5. The second kappa shape index (κ2) is 6.98. The number of aromatic nitrogens is 1. The molecule has 23 heavy (non-hydrogen) atoms. The lowest BCUT2D eigenvalue weighted by molar-refractivity contribution is -0.120. The number of nitrogens with zero attached hydrogens (tertiary/aromatic N) is 1. The smallest absolute Gasteiger partial charge is 0.236 e. The highest BCUT2D eigenvalue weighted by molar-refractivity contribution is 7.13. The first-order valence-corrected chi connectivity index (χ1v) is 8.39. The summed E-state index contributed by atoms with van der Waals surface area (Å²) in [5.41, 5.74) is 1.67. The molecule has 4 nitrogen and oxygen atoms in total. The number of rotatable bonds is 5. The lowest BCUT2D eigenvalue weighted by Gasteiger charge is -2.04. The van der Waals surface area contributed by atoms with Crippen molar-refractivity contribution in [3.05, 3.63) is 63.8 Å². The Morgan fingerprint density at radius 1 is 1.30 bits per heavy atom. The molecule has 3 rings (SSSR count). The highest BCUT2D eigenvalue weighted by Gasteiger charge is 2.15. The highest BCUT2D eigenvalue weighted by atomic mass is 35.5. The topological polar surface area (TPSA) is 55.1 Å². The monoisotopic (exact) mass is 346 g/mol. The van der Waals surface area contributed by atoms with Gasteiger partial charge in [0.2, 0.25) is 11.8 Å². The van der Waals surface area contributed by atoms with Crippen molar-refractivity contribution in [3.63, 3.8) is 0 Å². The number of oxazole rings is 1. The van der Waals surface area contributed by atoms with Crippen molar-refractivity contribution in [2.75, 3.05) is 0 Å².